The largest absolute Gasteiger partial charge is 0.373 e. The van der Waals surface area contributed by atoms with Gasteiger partial charge in [0.1, 0.15) is 5.02 Å². The van der Waals surface area contributed by atoms with Gasteiger partial charge in [0.2, 0.25) is 0 Å². The maximum Gasteiger partial charge on any atom is 0.291 e. The zero-order valence-electron chi connectivity index (χ0n) is 13.1. The monoisotopic (exact) mass is 414 g/mol. The molecule has 9 heteroatoms. The van der Waals surface area contributed by atoms with E-state index >= 15 is 0 Å². The minimum atomic E-state index is -0.491. The average molecular weight is 416 g/mol. The van der Waals surface area contributed by atoms with Crippen molar-refractivity contribution in [1.82, 2.24) is 14.8 Å². The second kappa shape index (κ2) is 7.74. The summed E-state index contributed by atoms with van der Waals surface area (Å²) in [6.07, 6.45) is 3.96. The molecule has 2 aromatic heterocycles. The van der Waals surface area contributed by atoms with Crippen LogP contribution < -0.4 is 10.5 Å². The number of hydrogen-bond donors (Lipinski definition) is 0. The van der Waals surface area contributed by atoms with Crippen molar-refractivity contribution in [1.29, 1.82) is 0 Å². The van der Waals surface area contributed by atoms with Crippen molar-refractivity contribution in [2.45, 2.75) is 6.42 Å². The number of halogens is 3. The van der Waals surface area contributed by atoms with Crippen molar-refractivity contribution in [2.24, 2.45) is 0 Å². The lowest BCUT2D eigenvalue weighted by atomic mass is 10.2. The van der Waals surface area contributed by atoms with Crippen LogP contribution in [0.3, 0.4) is 0 Å². The Bertz CT molecular complexity index is 943. The van der Waals surface area contributed by atoms with E-state index in [1.165, 1.54) is 10.9 Å². The normalized spacial score (nSPS) is 10.9. The summed E-state index contributed by atoms with van der Waals surface area (Å²) in [7, 11) is 1.96. The molecule has 3 aromatic rings. The smallest absolute Gasteiger partial charge is 0.291 e. The second-order valence-electron chi connectivity index (χ2n) is 5.26. The van der Waals surface area contributed by atoms with Crippen LogP contribution in [0, 0.1) is 0 Å². The molecule has 0 unspecified atom stereocenters. The number of anilines is 1. The van der Waals surface area contributed by atoms with Crippen LogP contribution in [0.25, 0.3) is 5.69 Å². The Labute approximate surface area is 163 Å². The number of hydrogen-bond acceptors (Lipinski definition) is 5. The number of nitrogens with zero attached hydrogens (tertiary/aromatic N) is 4. The molecule has 0 saturated carbocycles. The minimum absolute atomic E-state index is 0.0718. The first-order valence-corrected chi connectivity index (χ1v) is 9.31. The van der Waals surface area contributed by atoms with E-state index < -0.39 is 5.56 Å². The molecule has 0 aliphatic carbocycles. The molecule has 0 spiro atoms. The fourth-order valence-corrected chi connectivity index (χ4v) is 3.48. The molecule has 0 radical (unpaired) electrons. The van der Waals surface area contributed by atoms with Crippen LogP contribution in [-0.4, -0.2) is 28.4 Å². The summed E-state index contributed by atoms with van der Waals surface area (Å²) in [5.41, 5.74) is 0.885. The fraction of sp³-hybridized carbons (Fsp3) is 0.188. The molecule has 2 heterocycles. The first kappa shape index (κ1) is 18.2. The van der Waals surface area contributed by atoms with Crippen molar-refractivity contribution in [2.75, 3.05) is 18.5 Å². The van der Waals surface area contributed by atoms with Crippen LogP contribution in [0.5, 0.6) is 0 Å². The Morgan fingerprint density at radius 3 is 2.72 bits per heavy atom. The van der Waals surface area contributed by atoms with Crippen molar-refractivity contribution in [3.63, 3.8) is 0 Å². The van der Waals surface area contributed by atoms with E-state index in [1.807, 2.05) is 23.4 Å². The molecule has 3 rings (SSSR count). The van der Waals surface area contributed by atoms with Gasteiger partial charge in [-0.2, -0.15) is 9.78 Å². The van der Waals surface area contributed by atoms with Gasteiger partial charge in [-0.3, -0.25) is 4.79 Å². The van der Waals surface area contributed by atoms with E-state index in [0.29, 0.717) is 10.7 Å². The third kappa shape index (κ3) is 3.98. The quantitative estimate of drug-likeness (QED) is 0.622. The predicted octanol–water partition coefficient (Wildman–Crippen LogP) is 4.33. The van der Waals surface area contributed by atoms with E-state index in [-0.39, 0.29) is 10.0 Å². The minimum Gasteiger partial charge on any atom is -0.373 e. The van der Waals surface area contributed by atoms with Gasteiger partial charge in [-0.05, 0) is 18.2 Å². The third-order valence-corrected chi connectivity index (χ3v) is 5.50. The SMILES string of the molecule is CN(CCc1nccs1)c1ccc(-n2ncc(Cl)c(Cl)c2=O)cc1Cl. The Balaban J connectivity index is 1.83. The van der Waals surface area contributed by atoms with Crippen molar-refractivity contribution in [3.05, 3.63) is 66.4 Å². The van der Waals surface area contributed by atoms with Crippen LogP contribution in [0.1, 0.15) is 5.01 Å². The lowest BCUT2D eigenvalue weighted by Gasteiger charge is -2.20. The van der Waals surface area contributed by atoms with Gasteiger partial charge < -0.3 is 4.90 Å². The van der Waals surface area contributed by atoms with Gasteiger partial charge in [-0.1, -0.05) is 34.8 Å². The van der Waals surface area contributed by atoms with Gasteiger partial charge in [-0.25, -0.2) is 4.98 Å². The zero-order valence-corrected chi connectivity index (χ0v) is 16.2. The fourth-order valence-electron chi connectivity index (χ4n) is 2.29. The van der Waals surface area contributed by atoms with Gasteiger partial charge in [0.25, 0.3) is 5.56 Å². The first-order chi connectivity index (χ1) is 12.0. The van der Waals surface area contributed by atoms with E-state index in [0.717, 1.165) is 23.7 Å². The zero-order chi connectivity index (χ0) is 18.0. The van der Waals surface area contributed by atoms with E-state index in [9.17, 15) is 4.79 Å². The first-order valence-electron chi connectivity index (χ1n) is 7.30. The summed E-state index contributed by atoms with van der Waals surface area (Å²) in [6.45, 7) is 0.775. The molecular formula is C16H13Cl3N4OS. The van der Waals surface area contributed by atoms with Crippen LogP contribution in [0.15, 0.2) is 40.8 Å². The number of aromatic nitrogens is 3. The number of benzene rings is 1. The molecule has 5 nitrogen and oxygen atoms in total. The van der Waals surface area contributed by atoms with Crippen LogP contribution in [0.4, 0.5) is 5.69 Å². The standard InChI is InChI=1S/C16H13Cl3N4OS/c1-22(6-4-14-20-5-7-25-14)13-3-2-10(8-11(13)17)23-16(24)15(19)12(18)9-21-23/h2-3,5,7-9H,4,6H2,1H3. The van der Waals surface area contributed by atoms with Gasteiger partial charge in [0, 0.05) is 31.6 Å². The molecule has 0 saturated heterocycles. The maximum absolute atomic E-state index is 12.2. The van der Waals surface area contributed by atoms with Gasteiger partial charge in [0.05, 0.1) is 32.6 Å². The summed E-state index contributed by atoms with van der Waals surface area (Å²) in [5.74, 6) is 0. The topological polar surface area (TPSA) is 51.0 Å². The van der Waals surface area contributed by atoms with E-state index in [1.54, 1.807) is 29.7 Å². The molecule has 0 amide bonds. The third-order valence-electron chi connectivity index (χ3n) is 3.61. The van der Waals surface area contributed by atoms with Crippen LogP contribution in [0.2, 0.25) is 15.1 Å². The maximum atomic E-state index is 12.2. The predicted molar refractivity (Wildman–Crippen MR) is 104 cm³/mol. The number of thiazole rings is 1. The lowest BCUT2D eigenvalue weighted by Crippen LogP contribution is -2.23. The highest BCUT2D eigenvalue weighted by atomic mass is 35.5. The Morgan fingerprint density at radius 1 is 1.24 bits per heavy atom. The lowest BCUT2D eigenvalue weighted by molar-refractivity contribution is 0.806. The Morgan fingerprint density at radius 2 is 2.04 bits per heavy atom. The molecule has 0 aliphatic rings. The number of rotatable bonds is 5. The van der Waals surface area contributed by atoms with Crippen LogP contribution in [-0.2, 0) is 6.42 Å². The molecule has 0 aliphatic heterocycles. The highest BCUT2D eigenvalue weighted by Gasteiger charge is 2.12. The van der Waals surface area contributed by atoms with E-state index in [2.05, 4.69) is 10.1 Å². The summed E-state index contributed by atoms with van der Waals surface area (Å²) in [6, 6.07) is 5.28. The summed E-state index contributed by atoms with van der Waals surface area (Å²) >= 11 is 19.7. The highest BCUT2D eigenvalue weighted by molar-refractivity contribution is 7.09. The molecule has 25 heavy (non-hydrogen) atoms. The van der Waals surface area contributed by atoms with Crippen LogP contribution >= 0.6 is 46.1 Å². The van der Waals surface area contributed by atoms with Gasteiger partial charge in [0.15, 0.2) is 0 Å². The molecule has 0 fully saturated rings. The van der Waals surface area contributed by atoms with Crippen molar-refractivity contribution < 1.29 is 0 Å². The van der Waals surface area contributed by atoms with E-state index in [4.69, 9.17) is 34.8 Å². The summed E-state index contributed by atoms with van der Waals surface area (Å²) in [4.78, 5) is 18.5. The van der Waals surface area contributed by atoms with Gasteiger partial charge >= 0.3 is 0 Å². The summed E-state index contributed by atoms with van der Waals surface area (Å²) < 4.78 is 1.17. The molecule has 0 bridgehead atoms. The summed E-state index contributed by atoms with van der Waals surface area (Å²) in [5, 5.41) is 7.59. The highest BCUT2D eigenvalue weighted by Crippen LogP contribution is 2.27. The molecule has 0 atom stereocenters. The Hall–Kier alpha value is -1.60. The van der Waals surface area contributed by atoms with Crippen molar-refractivity contribution in [3.8, 4) is 5.69 Å². The van der Waals surface area contributed by atoms with Gasteiger partial charge in [-0.15, -0.1) is 11.3 Å². The average Bonchev–Trinajstić information content (AvgIpc) is 3.11. The molecule has 1 aromatic carbocycles. The van der Waals surface area contributed by atoms with Crippen molar-refractivity contribution >= 4 is 51.8 Å². The molecular weight excluding hydrogens is 403 g/mol. The molecule has 130 valence electrons. The number of likely N-dealkylation sites (N-methyl/N-ethyl adjacent to an activating group) is 1. The second-order valence-corrected chi connectivity index (χ2v) is 7.43. The molecule has 0 N–H and O–H groups in total. The Kier molecular flexibility index (Phi) is 5.64.